The van der Waals surface area contributed by atoms with Crippen LogP contribution in [0, 0.1) is 0 Å². The summed E-state index contributed by atoms with van der Waals surface area (Å²) in [6.45, 7) is 5.05. The first-order valence-corrected chi connectivity index (χ1v) is 10.9. The number of carbonyl (C=O) groups is 1. The zero-order valence-electron chi connectivity index (χ0n) is 16.4. The Balaban J connectivity index is 2.03. The molecule has 28 heavy (non-hydrogen) atoms. The predicted octanol–water partition coefficient (Wildman–Crippen LogP) is 3.44. The molecule has 6 nitrogen and oxygen atoms in total. The van der Waals surface area contributed by atoms with E-state index in [4.69, 9.17) is 11.6 Å². The van der Waals surface area contributed by atoms with Gasteiger partial charge in [0.25, 0.3) is 0 Å². The number of rotatable bonds is 9. The van der Waals surface area contributed by atoms with E-state index >= 15 is 0 Å². The van der Waals surface area contributed by atoms with Crippen LogP contribution in [-0.4, -0.2) is 50.2 Å². The lowest BCUT2D eigenvalue weighted by atomic mass is 10.2. The standard InChI is InChI=1S/C20H26ClN3O3S/c1-4-24(5-2)28(26,27)18-11-8-10-17(13-18)22-20(25)15-23(3)14-16-9-6-7-12-19(16)21/h6-13H,4-5,14-15H2,1-3H3,(H,22,25). The average Bonchev–Trinajstić information content (AvgIpc) is 2.64. The Bertz CT molecular complexity index is 914. The van der Waals surface area contributed by atoms with Crippen LogP contribution >= 0.6 is 11.6 Å². The molecule has 1 N–H and O–H groups in total. The number of nitrogens with one attached hydrogen (secondary N) is 1. The molecule has 0 aliphatic heterocycles. The summed E-state index contributed by atoms with van der Waals surface area (Å²) in [5, 5.41) is 3.42. The van der Waals surface area contributed by atoms with Gasteiger partial charge in [0.05, 0.1) is 11.4 Å². The number of carbonyl (C=O) groups excluding carboxylic acids is 1. The van der Waals surface area contributed by atoms with Gasteiger partial charge in [-0.05, 0) is 36.9 Å². The first-order chi connectivity index (χ1) is 13.3. The van der Waals surface area contributed by atoms with Gasteiger partial charge in [0.1, 0.15) is 0 Å². The van der Waals surface area contributed by atoms with E-state index in [9.17, 15) is 13.2 Å². The van der Waals surface area contributed by atoms with E-state index in [1.807, 2.05) is 36.2 Å². The van der Waals surface area contributed by atoms with Crippen molar-refractivity contribution in [3.63, 3.8) is 0 Å². The second-order valence-corrected chi connectivity index (χ2v) is 8.77. The Morgan fingerprint density at radius 1 is 1.07 bits per heavy atom. The van der Waals surface area contributed by atoms with Crippen molar-refractivity contribution in [1.82, 2.24) is 9.21 Å². The average molecular weight is 424 g/mol. The van der Waals surface area contributed by atoms with Crippen molar-refractivity contribution < 1.29 is 13.2 Å². The molecular formula is C20H26ClN3O3S. The fourth-order valence-corrected chi connectivity index (χ4v) is 4.57. The number of anilines is 1. The van der Waals surface area contributed by atoms with E-state index in [0.717, 1.165) is 5.56 Å². The van der Waals surface area contributed by atoms with Gasteiger partial charge in [-0.25, -0.2) is 8.42 Å². The lowest BCUT2D eigenvalue weighted by Gasteiger charge is -2.19. The van der Waals surface area contributed by atoms with Crippen molar-refractivity contribution in [3.05, 3.63) is 59.1 Å². The summed E-state index contributed by atoms with van der Waals surface area (Å²) in [6, 6.07) is 13.8. The maximum absolute atomic E-state index is 12.6. The van der Waals surface area contributed by atoms with Crippen LogP contribution in [0.15, 0.2) is 53.4 Å². The molecule has 8 heteroatoms. The molecule has 0 radical (unpaired) electrons. The number of nitrogens with zero attached hydrogens (tertiary/aromatic N) is 2. The van der Waals surface area contributed by atoms with Gasteiger partial charge < -0.3 is 5.32 Å². The van der Waals surface area contributed by atoms with Gasteiger partial charge in [-0.1, -0.05) is 49.7 Å². The van der Waals surface area contributed by atoms with Crippen LogP contribution in [0.2, 0.25) is 5.02 Å². The number of hydrogen-bond acceptors (Lipinski definition) is 4. The molecule has 1 amide bonds. The van der Waals surface area contributed by atoms with Crippen molar-refractivity contribution in [2.75, 3.05) is 32.0 Å². The molecule has 0 heterocycles. The first-order valence-electron chi connectivity index (χ1n) is 9.10. The highest BCUT2D eigenvalue weighted by molar-refractivity contribution is 7.89. The van der Waals surface area contributed by atoms with Gasteiger partial charge in [0, 0.05) is 30.3 Å². The van der Waals surface area contributed by atoms with Crippen LogP contribution in [0.5, 0.6) is 0 Å². The van der Waals surface area contributed by atoms with E-state index in [0.29, 0.717) is 30.3 Å². The molecule has 2 rings (SSSR count). The molecule has 152 valence electrons. The number of hydrogen-bond donors (Lipinski definition) is 1. The Kier molecular flexibility index (Phi) is 8.00. The number of likely N-dealkylation sites (N-methyl/N-ethyl adjacent to an activating group) is 1. The van der Waals surface area contributed by atoms with Crippen LogP contribution < -0.4 is 5.32 Å². The first kappa shape index (κ1) is 22.4. The molecule has 0 atom stereocenters. The minimum atomic E-state index is -3.57. The lowest BCUT2D eigenvalue weighted by molar-refractivity contribution is -0.117. The van der Waals surface area contributed by atoms with Crippen LogP contribution in [0.25, 0.3) is 0 Å². The SMILES string of the molecule is CCN(CC)S(=O)(=O)c1cccc(NC(=O)CN(C)Cc2ccccc2Cl)c1. The van der Waals surface area contributed by atoms with Crippen molar-refractivity contribution in [2.45, 2.75) is 25.3 Å². The zero-order chi connectivity index (χ0) is 20.7. The van der Waals surface area contributed by atoms with Gasteiger partial charge in [0.2, 0.25) is 15.9 Å². The summed E-state index contributed by atoms with van der Waals surface area (Å²) >= 11 is 6.16. The van der Waals surface area contributed by atoms with Crippen molar-refractivity contribution in [2.24, 2.45) is 0 Å². The number of halogens is 1. The third-order valence-corrected chi connectivity index (χ3v) is 6.69. The quantitative estimate of drug-likeness (QED) is 0.670. The molecule has 0 unspecified atom stereocenters. The Labute approximate surface area is 172 Å². The van der Waals surface area contributed by atoms with Crippen molar-refractivity contribution in [3.8, 4) is 0 Å². The summed E-state index contributed by atoms with van der Waals surface area (Å²) in [7, 11) is -1.75. The molecule has 2 aromatic carbocycles. The van der Waals surface area contributed by atoms with Gasteiger partial charge in [-0.3, -0.25) is 9.69 Å². The smallest absolute Gasteiger partial charge is 0.243 e. The molecule has 0 saturated carbocycles. The highest BCUT2D eigenvalue weighted by Crippen LogP contribution is 2.20. The van der Waals surface area contributed by atoms with Crippen LogP contribution in [-0.2, 0) is 21.4 Å². The molecule has 0 fully saturated rings. The topological polar surface area (TPSA) is 69.7 Å². The maximum atomic E-state index is 12.6. The predicted molar refractivity (Wildman–Crippen MR) is 113 cm³/mol. The fraction of sp³-hybridized carbons (Fsp3) is 0.350. The summed E-state index contributed by atoms with van der Waals surface area (Å²) < 4.78 is 26.7. The molecule has 2 aromatic rings. The lowest BCUT2D eigenvalue weighted by Crippen LogP contribution is -2.31. The zero-order valence-corrected chi connectivity index (χ0v) is 17.9. The second kappa shape index (κ2) is 10.0. The fourth-order valence-electron chi connectivity index (χ4n) is 2.87. The van der Waals surface area contributed by atoms with Gasteiger partial charge in [-0.15, -0.1) is 0 Å². The van der Waals surface area contributed by atoms with Gasteiger partial charge >= 0.3 is 0 Å². The van der Waals surface area contributed by atoms with E-state index in [-0.39, 0.29) is 17.3 Å². The summed E-state index contributed by atoms with van der Waals surface area (Å²) in [5.74, 6) is -0.230. The molecule has 0 aliphatic rings. The number of benzene rings is 2. The largest absolute Gasteiger partial charge is 0.325 e. The minimum absolute atomic E-state index is 0.151. The van der Waals surface area contributed by atoms with Crippen LogP contribution in [0.3, 0.4) is 0 Å². The van der Waals surface area contributed by atoms with E-state index in [2.05, 4.69) is 5.32 Å². The van der Waals surface area contributed by atoms with E-state index < -0.39 is 10.0 Å². The molecule has 0 spiro atoms. The summed E-state index contributed by atoms with van der Waals surface area (Å²) in [4.78, 5) is 14.4. The highest BCUT2D eigenvalue weighted by atomic mass is 35.5. The second-order valence-electron chi connectivity index (χ2n) is 6.43. The monoisotopic (exact) mass is 423 g/mol. The minimum Gasteiger partial charge on any atom is -0.325 e. The number of sulfonamides is 1. The van der Waals surface area contributed by atoms with E-state index in [1.165, 1.54) is 16.4 Å². The van der Waals surface area contributed by atoms with Crippen molar-refractivity contribution >= 4 is 33.2 Å². The van der Waals surface area contributed by atoms with Crippen LogP contribution in [0.1, 0.15) is 19.4 Å². The third-order valence-electron chi connectivity index (χ3n) is 4.27. The number of amides is 1. The molecule has 0 aromatic heterocycles. The summed E-state index contributed by atoms with van der Waals surface area (Å²) in [5.41, 5.74) is 1.39. The Hall–Kier alpha value is -1.93. The Morgan fingerprint density at radius 3 is 2.39 bits per heavy atom. The molecule has 0 aliphatic carbocycles. The highest BCUT2D eigenvalue weighted by Gasteiger charge is 2.22. The molecule has 0 bridgehead atoms. The van der Waals surface area contributed by atoms with Gasteiger partial charge in [-0.2, -0.15) is 4.31 Å². The molecular weight excluding hydrogens is 398 g/mol. The Morgan fingerprint density at radius 2 is 1.75 bits per heavy atom. The van der Waals surface area contributed by atoms with Crippen LogP contribution in [0.4, 0.5) is 5.69 Å². The van der Waals surface area contributed by atoms with E-state index in [1.54, 1.807) is 26.0 Å². The third kappa shape index (κ3) is 5.78. The normalized spacial score (nSPS) is 11.8. The van der Waals surface area contributed by atoms with Crippen molar-refractivity contribution in [1.29, 1.82) is 0 Å². The van der Waals surface area contributed by atoms with Gasteiger partial charge in [0.15, 0.2) is 0 Å². The summed E-state index contributed by atoms with van der Waals surface area (Å²) in [6.07, 6.45) is 0. The molecule has 0 saturated heterocycles. The maximum Gasteiger partial charge on any atom is 0.243 e.